The molecule has 0 atom stereocenters. The molecule has 3 aromatic carbocycles. The fourth-order valence-electron chi connectivity index (χ4n) is 3.78. The van der Waals surface area contributed by atoms with Crippen molar-refractivity contribution in [3.8, 4) is 28.3 Å². The zero-order valence-electron chi connectivity index (χ0n) is 16.3. The zero-order chi connectivity index (χ0) is 21.7. The van der Waals surface area contributed by atoms with Crippen molar-refractivity contribution >= 4 is 16.6 Å². The monoisotopic (exact) mass is 412 g/mol. The fraction of sp³-hybridized carbons (Fsp3) is 0.0417. The third-order valence-electron chi connectivity index (χ3n) is 5.30. The third-order valence-corrected chi connectivity index (χ3v) is 5.30. The van der Waals surface area contributed by atoms with Gasteiger partial charge in [0.2, 0.25) is 0 Å². The number of aromatic nitrogens is 3. The molecule has 150 valence electrons. The van der Waals surface area contributed by atoms with Crippen LogP contribution in [0.3, 0.4) is 0 Å². The van der Waals surface area contributed by atoms with Crippen LogP contribution in [0.25, 0.3) is 38.8 Å². The average molecular weight is 412 g/mol. The lowest BCUT2D eigenvalue weighted by Gasteiger charge is -2.06. The number of fused-ring (bicyclic) bond motifs is 2. The van der Waals surface area contributed by atoms with E-state index in [1.165, 1.54) is 16.6 Å². The van der Waals surface area contributed by atoms with E-state index >= 15 is 0 Å². The number of hydrogen-bond acceptors (Lipinski definition) is 3. The molecule has 7 heteroatoms. The van der Waals surface area contributed by atoms with E-state index in [0.29, 0.717) is 27.7 Å². The van der Waals surface area contributed by atoms with Gasteiger partial charge in [0.05, 0.1) is 22.5 Å². The Bertz CT molecular complexity index is 1590. The van der Waals surface area contributed by atoms with Crippen molar-refractivity contribution < 1.29 is 8.78 Å². The summed E-state index contributed by atoms with van der Waals surface area (Å²) in [6.07, 6.45) is 0. The van der Waals surface area contributed by atoms with Crippen molar-refractivity contribution in [3.63, 3.8) is 0 Å². The van der Waals surface area contributed by atoms with Crippen LogP contribution in [0.5, 0.6) is 0 Å². The van der Waals surface area contributed by atoms with E-state index in [-0.39, 0.29) is 16.8 Å². The summed E-state index contributed by atoms with van der Waals surface area (Å²) in [7, 11) is 0. The number of halogens is 2. The van der Waals surface area contributed by atoms with Gasteiger partial charge < -0.3 is 0 Å². The molecule has 31 heavy (non-hydrogen) atoms. The Labute approximate surface area is 174 Å². The summed E-state index contributed by atoms with van der Waals surface area (Å²) in [5, 5.41) is 12.3. The zero-order valence-corrected chi connectivity index (χ0v) is 16.3. The molecule has 1 N–H and O–H groups in total. The Balaban J connectivity index is 1.76. The van der Waals surface area contributed by atoms with Gasteiger partial charge in [0.25, 0.3) is 5.56 Å². The lowest BCUT2D eigenvalue weighted by Crippen LogP contribution is -2.15. The molecular formula is C24H14F2N4O. The van der Waals surface area contributed by atoms with E-state index in [9.17, 15) is 13.6 Å². The van der Waals surface area contributed by atoms with Crippen molar-refractivity contribution in [2.24, 2.45) is 0 Å². The van der Waals surface area contributed by atoms with Crippen molar-refractivity contribution in [1.82, 2.24) is 14.6 Å². The van der Waals surface area contributed by atoms with Crippen LogP contribution in [-0.4, -0.2) is 14.6 Å². The van der Waals surface area contributed by atoms with Gasteiger partial charge >= 0.3 is 0 Å². The van der Waals surface area contributed by atoms with Crippen LogP contribution in [-0.2, 0) is 0 Å². The summed E-state index contributed by atoms with van der Waals surface area (Å²) in [6.45, 7) is 1.71. The number of rotatable bonds is 2. The lowest BCUT2D eigenvalue weighted by molar-refractivity contribution is 0.585. The van der Waals surface area contributed by atoms with Gasteiger partial charge in [-0.3, -0.25) is 9.89 Å². The van der Waals surface area contributed by atoms with Crippen LogP contribution < -0.4 is 5.56 Å². The summed E-state index contributed by atoms with van der Waals surface area (Å²) in [6, 6.07) is 17.8. The van der Waals surface area contributed by atoms with E-state index in [1.807, 2.05) is 18.2 Å². The van der Waals surface area contributed by atoms with Gasteiger partial charge in [0.1, 0.15) is 11.6 Å². The highest BCUT2D eigenvalue weighted by molar-refractivity contribution is 5.88. The van der Waals surface area contributed by atoms with Gasteiger partial charge in [0, 0.05) is 22.9 Å². The molecule has 0 aliphatic rings. The van der Waals surface area contributed by atoms with Gasteiger partial charge in [-0.05, 0) is 54.4 Å². The maximum atomic E-state index is 14.5. The fourth-order valence-corrected chi connectivity index (χ4v) is 3.78. The van der Waals surface area contributed by atoms with E-state index in [0.717, 1.165) is 17.2 Å². The molecule has 0 saturated heterocycles. The van der Waals surface area contributed by atoms with Gasteiger partial charge in [-0.2, -0.15) is 5.26 Å². The molecule has 0 aliphatic heterocycles. The van der Waals surface area contributed by atoms with Crippen LogP contribution >= 0.6 is 0 Å². The number of aryl methyl sites for hydroxylation is 1. The minimum Gasteiger partial charge on any atom is -0.293 e. The molecular weight excluding hydrogens is 398 g/mol. The third kappa shape index (κ3) is 2.97. The van der Waals surface area contributed by atoms with Crippen molar-refractivity contribution in [3.05, 3.63) is 93.9 Å². The molecule has 0 aliphatic carbocycles. The molecule has 0 saturated carbocycles. The molecule has 0 unspecified atom stereocenters. The molecule has 0 amide bonds. The first-order valence-electron chi connectivity index (χ1n) is 9.47. The van der Waals surface area contributed by atoms with E-state index < -0.39 is 11.6 Å². The van der Waals surface area contributed by atoms with Crippen molar-refractivity contribution in [2.75, 3.05) is 0 Å². The maximum Gasteiger partial charge on any atom is 0.280 e. The number of benzene rings is 3. The van der Waals surface area contributed by atoms with Crippen LogP contribution in [0.2, 0.25) is 0 Å². The number of nitrogens with zero attached hydrogens (tertiary/aromatic N) is 3. The highest BCUT2D eigenvalue weighted by atomic mass is 19.1. The Kier molecular flexibility index (Phi) is 4.15. The highest BCUT2D eigenvalue weighted by Crippen LogP contribution is 2.31. The molecule has 5 nitrogen and oxygen atoms in total. The van der Waals surface area contributed by atoms with Gasteiger partial charge in [-0.1, -0.05) is 18.2 Å². The van der Waals surface area contributed by atoms with Crippen LogP contribution in [0.4, 0.5) is 8.78 Å². The molecule has 0 spiro atoms. The minimum absolute atomic E-state index is 0.159. The minimum atomic E-state index is -0.731. The smallest absolute Gasteiger partial charge is 0.280 e. The number of nitrogens with one attached hydrogen (secondary N) is 1. The summed E-state index contributed by atoms with van der Waals surface area (Å²) in [4.78, 5) is 17.7. The predicted molar refractivity (Wildman–Crippen MR) is 114 cm³/mol. The summed E-state index contributed by atoms with van der Waals surface area (Å²) < 4.78 is 29.2. The van der Waals surface area contributed by atoms with E-state index in [1.54, 1.807) is 31.2 Å². The molecule has 5 rings (SSSR count). The molecule has 2 heterocycles. The van der Waals surface area contributed by atoms with Crippen molar-refractivity contribution in [2.45, 2.75) is 6.92 Å². The first kappa shape index (κ1) is 18.7. The molecule has 0 radical (unpaired) electrons. The van der Waals surface area contributed by atoms with E-state index in [4.69, 9.17) is 5.26 Å². The first-order chi connectivity index (χ1) is 15.0. The Morgan fingerprint density at radius 1 is 1.00 bits per heavy atom. The topological polar surface area (TPSA) is 73.9 Å². The SMILES string of the molecule is Cc1[nH]n2c(=O)c3ccc(-c4ccc(C#N)cc4)cc3nc2c1-c1ccc(F)cc1F. The Morgan fingerprint density at radius 3 is 2.45 bits per heavy atom. The largest absolute Gasteiger partial charge is 0.293 e. The normalized spacial score (nSPS) is 11.2. The molecule has 0 bridgehead atoms. The second-order valence-electron chi connectivity index (χ2n) is 7.23. The van der Waals surface area contributed by atoms with Crippen LogP contribution in [0.1, 0.15) is 11.3 Å². The summed E-state index contributed by atoms with van der Waals surface area (Å²) in [5.74, 6) is -1.41. The summed E-state index contributed by atoms with van der Waals surface area (Å²) >= 11 is 0. The number of H-pyrrole nitrogens is 1. The van der Waals surface area contributed by atoms with Crippen molar-refractivity contribution in [1.29, 1.82) is 5.26 Å². The first-order valence-corrected chi connectivity index (χ1v) is 9.47. The Morgan fingerprint density at radius 2 is 1.74 bits per heavy atom. The predicted octanol–water partition coefficient (Wildman–Crippen LogP) is 4.97. The maximum absolute atomic E-state index is 14.5. The van der Waals surface area contributed by atoms with Crippen LogP contribution in [0, 0.1) is 29.9 Å². The molecule has 5 aromatic rings. The lowest BCUT2D eigenvalue weighted by atomic mass is 10.0. The number of hydrogen-bond donors (Lipinski definition) is 1. The summed E-state index contributed by atoms with van der Waals surface area (Å²) in [5.41, 5.74) is 3.75. The van der Waals surface area contributed by atoms with Crippen LogP contribution in [0.15, 0.2) is 65.5 Å². The second kappa shape index (κ2) is 6.89. The van der Waals surface area contributed by atoms with Gasteiger partial charge in [-0.15, -0.1) is 0 Å². The second-order valence-corrected chi connectivity index (χ2v) is 7.23. The quantitative estimate of drug-likeness (QED) is 0.445. The average Bonchev–Trinajstić information content (AvgIpc) is 3.10. The van der Waals surface area contributed by atoms with E-state index in [2.05, 4.69) is 16.2 Å². The number of aromatic amines is 1. The molecule has 0 fully saturated rings. The van der Waals surface area contributed by atoms with Gasteiger partial charge in [-0.25, -0.2) is 18.3 Å². The molecule has 2 aromatic heterocycles. The number of nitriles is 1. The highest BCUT2D eigenvalue weighted by Gasteiger charge is 2.19. The Hall–Kier alpha value is -4.31. The standard InChI is InChI=1S/C24H14F2N4O/c1-13-22(18-9-7-17(25)11-20(18)26)23-28-21-10-16(15-4-2-14(12-27)3-5-15)6-8-19(21)24(31)30(23)29-13/h2-11,29H,1H3. The van der Waals surface area contributed by atoms with Gasteiger partial charge in [0.15, 0.2) is 5.65 Å².